The van der Waals surface area contributed by atoms with E-state index in [9.17, 15) is 0 Å². The molecule has 0 saturated heterocycles. The highest BCUT2D eigenvalue weighted by Gasteiger charge is 2.43. The van der Waals surface area contributed by atoms with Crippen molar-refractivity contribution in [3.63, 3.8) is 0 Å². The molecule has 0 spiro atoms. The molecule has 0 N–H and O–H groups in total. The van der Waals surface area contributed by atoms with E-state index >= 15 is 0 Å². The smallest absolute Gasteiger partial charge is 0.391 e. The van der Waals surface area contributed by atoms with Crippen molar-refractivity contribution in [1.29, 1.82) is 0 Å². The lowest BCUT2D eigenvalue weighted by molar-refractivity contribution is 0.163. The lowest BCUT2D eigenvalue weighted by atomic mass is 9.96. The third kappa shape index (κ3) is 3.47. The van der Waals surface area contributed by atoms with E-state index in [1.165, 1.54) is 6.42 Å². The molecule has 3 rings (SSSR count). The first-order valence-corrected chi connectivity index (χ1v) is 10.1. The van der Waals surface area contributed by atoms with Crippen LogP contribution < -0.4 is 10.4 Å². The summed E-state index contributed by atoms with van der Waals surface area (Å²) in [6.45, 7) is 2.25. The van der Waals surface area contributed by atoms with Gasteiger partial charge in [-0.3, -0.25) is 0 Å². The highest BCUT2D eigenvalue weighted by atomic mass is 28.4. The van der Waals surface area contributed by atoms with Gasteiger partial charge in [0.1, 0.15) is 0 Å². The lowest BCUT2D eigenvalue weighted by Crippen LogP contribution is -2.64. The lowest BCUT2D eigenvalue weighted by Gasteiger charge is -2.34. The molecule has 120 valence electrons. The molecule has 1 aliphatic carbocycles. The molecular formula is C20H24O2Si. The number of benzene rings is 2. The van der Waals surface area contributed by atoms with Gasteiger partial charge < -0.3 is 8.85 Å². The van der Waals surface area contributed by atoms with E-state index < -0.39 is 8.56 Å². The van der Waals surface area contributed by atoms with Gasteiger partial charge in [0.2, 0.25) is 0 Å². The van der Waals surface area contributed by atoms with Crippen LogP contribution >= 0.6 is 0 Å². The van der Waals surface area contributed by atoms with Gasteiger partial charge in [0.15, 0.2) is 0 Å². The van der Waals surface area contributed by atoms with Gasteiger partial charge in [-0.05, 0) is 29.1 Å². The Morgan fingerprint density at radius 3 is 1.83 bits per heavy atom. The summed E-state index contributed by atoms with van der Waals surface area (Å²) >= 11 is 0. The summed E-state index contributed by atoms with van der Waals surface area (Å²) < 4.78 is 12.8. The number of rotatable bonds is 5. The Hall–Kier alpha value is -1.68. The fourth-order valence-electron chi connectivity index (χ4n) is 3.15. The highest BCUT2D eigenvalue weighted by Crippen LogP contribution is 2.22. The third-order valence-electron chi connectivity index (χ3n) is 4.47. The Bertz CT molecular complexity index is 600. The molecule has 0 heterocycles. The average Bonchev–Trinajstić information content (AvgIpc) is 2.63. The Morgan fingerprint density at radius 1 is 0.826 bits per heavy atom. The van der Waals surface area contributed by atoms with Gasteiger partial charge >= 0.3 is 8.56 Å². The molecule has 2 atom stereocenters. The van der Waals surface area contributed by atoms with E-state index in [4.69, 9.17) is 8.85 Å². The molecule has 3 heteroatoms. The average molecular weight is 324 g/mol. The minimum absolute atomic E-state index is 0.123. The van der Waals surface area contributed by atoms with Crippen LogP contribution in [0.15, 0.2) is 72.8 Å². The fraction of sp³-hybridized carbons (Fsp3) is 0.300. The zero-order valence-corrected chi connectivity index (χ0v) is 14.8. The summed E-state index contributed by atoms with van der Waals surface area (Å²) in [6.07, 6.45) is 6.81. The predicted octanol–water partition coefficient (Wildman–Crippen LogP) is 3.26. The summed E-state index contributed by atoms with van der Waals surface area (Å²) in [5.41, 5.74) is 0. The molecule has 0 amide bonds. The van der Waals surface area contributed by atoms with Crippen molar-refractivity contribution in [1.82, 2.24) is 0 Å². The van der Waals surface area contributed by atoms with Gasteiger partial charge in [-0.25, -0.2) is 0 Å². The number of hydrogen-bond acceptors (Lipinski definition) is 2. The molecule has 23 heavy (non-hydrogen) atoms. The second-order valence-electron chi connectivity index (χ2n) is 6.15. The van der Waals surface area contributed by atoms with Crippen molar-refractivity contribution in [2.75, 3.05) is 7.11 Å². The van der Waals surface area contributed by atoms with E-state index in [1.807, 2.05) is 12.1 Å². The molecule has 2 aromatic rings. The van der Waals surface area contributed by atoms with Gasteiger partial charge in [-0.15, -0.1) is 0 Å². The molecule has 0 aromatic heterocycles. The Balaban J connectivity index is 2.01. The van der Waals surface area contributed by atoms with Crippen molar-refractivity contribution in [3.05, 3.63) is 72.8 Å². The normalized spacial score (nSPS) is 21.3. The van der Waals surface area contributed by atoms with Crippen molar-refractivity contribution >= 4 is 18.9 Å². The predicted molar refractivity (Wildman–Crippen MR) is 97.3 cm³/mol. The van der Waals surface area contributed by atoms with Crippen LogP contribution in [-0.2, 0) is 8.85 Å². The van der Waals surface area contributed by atoms with Crippen molar-refractivity contribution < 1.29 is 8.85 Å². The molecule has 0 radical (unpaired) electrons. The van der Waals surface area contributed by atoms with Gasteiger partial charge in [0.05, 0.1) is 6.10 Å². The molecule has 2 unspecified atom stereocenters. The van der Waals surface area contributed by atoms with Crippen LogP contribution in [-0.4, -0.2) is 21.8 Å². The number of hydrogen-bond donors (Lipinski definition) is 0. The first-order chi connectivity index (χ1) is 11.2. The van der Waals surface area contributed by atoms with E-state index in [-0.39, 0.29) is 6.10 Å². The third-order valence-corrected chi connectivity index (χ3v) is 7.87. The molecular weight excluding hydrogens is 300 g/mol. The van der Waals surface area contributed by atoms with E-state index in [2.05, 4.69) is 67.6 Å². The van der Waals surface area contributed by atoms with Crippen LogP contribution in [0.1, 0.15) is 19.8 Å². The number of allylic oxidation sites excluding steroid dienone is 1. The van der Waals surface area contributed by atoms with Crippen LogP contribution in [0, 0.1) is 5.92 Å². The highest BCUT2D eigenvalue weighted by molar-refractivity contribution is 6.92. The zero-order chi connectivity index (χ0) is 16.1. The first kappa shape index (κ1) is 16.2. The van der Waals surface area contributed by atoms with E-state index in [0.29, 0.717) is 5.92 Å². The molecule has 0 aliphatic heterocycles. The van der Waals surface area contributed by atoms with Crippen molar-refractivity contribution in [2.24, 2.45) is 5.92 Å². The van der Waals surface area contributed by atoms with Crippen LogP contribution in [0.2, 0.25) is 0 Å². The second kappa shape index (κ2) is 7.26. The first-order valence-electron chi connectivity index (χ1n) is 8.27. The Morgan fingerprint density at radius 2 is 1.39 bits per heavy atom. The molecule has 0 bridgehead atoms. The standard InChI is InChI=1S/C20H24O2Si/c1-17-13-15-18(16-14-17)22-23(21-2,19-9-5-3-6-10-19)20-11-7-4-8-12-20/h3-13,15,17-18H,14,16H2,1-2H3. The molecule has 2 aromatic carbocycles. The maximum Gasteiger partial charge on any atom is 0.407 e. The molecule has 1 aliphatic rings. The molecule has 0 saturated carbocycles. The minimum Gasteiger partial charge on any atom is -0.391 e. The van der Waals surface area contributed by atoms with Crippen LogP contribution in [0.4, 0.5) is 0 Å². The van der Waals surface area contributed by atoms with Crippen LogP contribution in [0.25, 0.3) is 0 Å². The quantitative estimate of drug-likeness (QED) is 0.621. The zero-order valence-electron chi connectivity index (χ0n) is 13.8. The molecule has 2 nitrogen and oxygen atoms in total. The van der Waals surface area contributed by atoms with Gasteiger partial charge in [-0.2, -0.15) is 0 Å². The fourth-order valence-corrected chi connectivity index (χ4v) is 6.20. The van der Waals surface area contributed by atoms with Gasteiger partial charge in [0.25, 0.3) is 0 Å². The van der Waals surface area contributed by atoms with Gasteiger partial charge in [-0.1, -0.05) is 79.7 Å². The van der Waals surface area contributed by atoms with E-state index in [1.54, 1.807) is 7.11 Å². The van der Waals surface area contributed by atoms with Crippen LogP contribution in [0.3, 0.4) is 0 Å². The Kier molecular flexibility index (Phi) is 5.11. The topological polar surface area (TPSA) is 18.5 Å². The van der Waals surface area contributed by atoms with Crippen LogP contribution in [0.5, 0.6) is 0 Å². The van der Waals surface area contributed by atoms with E-state index in [0.717, 1.165) is 16.8 Å². The second-order valence-corrected chi connectivity index (χ2v) is 9.18. The molecule has 0 fully saturated rings. The monoisotopic (exact) mass is 324 g/mol. The SMILES string of the molecule is CO[Si](OC1C=CC(C)CC1)(c1ccccc1)c1ccccc1. The summed E-state index contributed by atoms with van der Waals surface area (Å²) in [4.78, 5) is 0. The van der Waals surface area contributed by atoms with Crippen molar-refractivity contribution in [3.8, 4) is 0 Å². The largest absolute Gasteiger partial charge is 0.407 e. The summed E-state index contributed by atoms with van der Waals surface area (Å²) in [5, 5.41) is 2.31. The van der Waals surface area contributed by atoms with Crippen molar-refractivity contribution in [2.45, 2.75) is 25.9 Å². The minimum atomic E-state index is -2.68. The van der Waals surface area contributed by atoms with Gasteiger partial charge in [0, 0.05) is 7.11 Å². The Labute approximate surface area is 140 Å². The maximum absolute atomic E-state index is 6.68. The summed E-state index contributed by atoms with van der Waals surface area (Å²) in [6, 6.07) is 20.8. The summed E-state index contributed by atoms with van der Waals surface area (Å²) in [5.74, 6) is 0.641. The maximum atomic E-state index is 6.68. The summed E-state index contributed by atoms with van der Waals surface area (Å²) in [7, 11) is -0.903.